The van der Waals surface area contributed by atoms with Gasteiger partial charge in [-0.3, -0.25) is 9.69 Å². The molecule has 3 aromatic rings. The molecule has 0 aliphatic carbocycles. The van der Waals surface area contributed by atoms with Gasteiger partial charge in [0.15, 0.2) is 17.3 Å². The van der Waals surface area contributed by atoms with E-state index in [1.165, 1.54) is 5.56 Å². The van der Waals surface area contributed by atoms with Crippen LogP contribution in [0.15, 0.2) is 65.1 Å². The fourth-order valence-corrected chi connectivity index (χ4v) is 3.47. The average molecular weight is 422 g/mol. The summed E-state index contributed by atoms with van der Waals surface area (Å²) in [5, 5.41) is 2.77. The Kier molecular flexibility index (Phi) is 6.86. The quantitative estimate of drug-likeness (QED) is 0.504. The SMILES string of the molecule is COCCNC(=O)c1ccc(CN(Cc2ccccc2)Cc2ccc3c(c2)OCO3)o1. The molecule has 0 saturated heterocycles. The van der Waals surface area contributed by atoms with Gasteiger partial charge in [-0.15, -0.1) is 0 Å². The third-order valence-electron chi connectivity index (χ3n) is 4.95. The standard InChI is InChI=1S/C24H26N2O5/c1-28-12-11-25-24(27)22-10-8-20(31-22)16-26(14-18-5-3-2-4-6-18)15-19-7-9-21-23(13-19)30-17-29-21/h2-10,13H,11-12,14-17H2,1H3,(H,25,27). The van der Waals surface area contributed by atoms with Crippen molar-refractivity contribution in [3.05, 3.63) is 83.3 Å². The van der Waals surface area contributed by atoms with Crippen molar-refractivity contribution in [1.82, 2.24) is 10.2 Å². The van der Waals surface area contributed by atoms with Crippen LogP contribution in [0.3, 0.4) is 0 Å². The van der Waals surface area contributed by atoms with Gasteiger partial charge in [0, 0.05) is 26.7 Å². The number of rotatable bonds is 10. The molecule has 1 aromatic heterocycles. The van der Waals surface area contributed by atoms with E-state index < -0.39 is 0 Å². The minimum Gasteiger partial charge on any atom is -0.455 e. The number of furan rings is 1. The third kappa shape index (κ3) is 5.65. The molecular formula is C24H26N2O5. The molecule has 1 aliphatic heterocycles. The topological polar surface area (TPSA) is 73.2 Å². The van der Waals surface area contributed by atoms with E-state index in [0.29, 0.717) is 32.0 Å². The van der Waals surface area contributed by atoms with E-state index in [4.69, 9.17) is 18.6 Å². The van der Waals surface area contributed by atoms with Crippen molar-refractivity contribution in [3.63, 3.8) is 0 Å². The smallest absolute Gasteiger partial charge is 0.287 e. The van der Waals surface area contributed by atoms with Gasteiger partial charge in [0.2, 0.25) is 6.79 Å². The van der Waals surface area contributed by atoms with Gasteiger partial charge >= 0.3 is 0 Å². The van der Waals surface area contributed by atoms with Gasteiger partial charge in [0.25, 0.3) is 5.91 Å². The predicted octanol–water partition coefficient (Wildman–Crippen LogP) is 3.59. The molecule has 7 nitrogen and oxygen atoms in total. The summed E-state index contributed by atoms with van der Waals surface area (Å²) in [6.45, 7) is 3.16. The zero-order valence-electron chi connectivity index (χ0n) is 17.5. The highest BCUT2D eigenvalue weighted by atomic mass is 16.7. The van der Waals surface area contributed by atoms with E-state index in [-0.39, 0.29) is 12.7 Å². The molecular weight excluding hydrogens is 396 g/mol. The zero-order chi connectivity index (χ0) is 21.5. The van der Waals surface area contributed by atoms with Gasteiger partial charge in [-0.25, -0.2) is 0 Å². The molecule has 0 radical (unpaired) electrons. The number of carbonyl (C=O) groups is 1. The lowest BCUT2D eigenvalue weighted by molar-refractivity contribution is 0.0905. The number of fused-ring (bicyclic) bond motifs is 1. The molecule has 31 heavy (non-hydrogen) atoms. The predicted molar refractivity (Wildman–Crippen MR) is 115 cm³/mol. The summed E-state index contributed by atoms with van der Waals surface area (Å²) in [6, 6.07) is 19.8. The van der Waals surface area contributed by atoms with Crippen LogP contribution in [-0.4, -0.2) is 37.9 Å². The van der Waals surface area contributed by atoms with Gasteiger partial charge in [0.1, 0.15) is 5.76 Å². The number of carbonyl (C=O) groups excluding carboxylic acids is 1. The first-order valence-corrected chi connectivity index (χ1v) is 10.2. The Morgan fingerprint density at radius 2 is 1.77 bits per heavy atom. The fourth-order valence-electron chi connectivity index (χ4n) is 3.47. The van der Waals surface area contributed by atoms with Gasteiger partial charge in [-0.1, -0.05) is 36.4 Å². The maximum absolute atomic E-state index is 12.2. The number of nitrogens with zero attached hydrogens (tertiary/aromatic N) is 1. The number of methoxy groups -OCH3 is 1. The van der Waals surface area contributed by atoms with Crippen LogP contribution in [-0.2, 0) is 24.4 Å². The molecule has 4 rings (SSSR count). The molecule has 0 atom stereocenters. The molecule has 1 aliphatic rings. The van der Waals surface area contributed by atoms with E-state index in [1.54, 1.807) is 13.2 Å². The van der Waals surface area contributed by atoms with Crippen LogP contribution in [0.1, 0.15) is 27.4 Å². The van der Waals surface area contributed by atoms with Crippen molar-refractivity contribution in [2.24, 2.45) is 0 Å². The maximum Gasteiger partial charge on any atom is 0.287 e. The van der Waals surface area contributed by atoms with Crippen LogP contribution in [0.4, 0.5) is 0 Å². The van der Waals surface area contributed by atoms with Gasteiger partial charge in [-0.05, 0) is 35.4 Å². The van der Waals surface area contributed by atoms with Crippen molar-refractivity contribution in [2.75, 3.05) is 27.1 Å². The van der Waals surface area contributed by atoms with Crippen LogP contribution < -0.4 is 14.8 Å². The minimum absolute atomic E-state index is 0.242. The Morgan fingerprint density at radius 3 is 2.61 bits per heavy atom. The Bertz CT molecular complexity index is 1000. The summed E-state index contributed by atoms with van der Waals surface area (Å²) in [7, 11) is 1.60. The Morgan fingerprint density at radius 1 is 0.968 bits per heavy atom. The second kappa shape index (κ2) is 10.1. The molecule has 162 valence electrons. The van der Waals surface area contributed by atoms with Crippen molar-refractivity contribution in [1.29, 1.82) is 0 Å². The number of hydrogen-bond acceptors (Lipinski definition) is 6. The van der Waals surface area contributed by atoms with E-state index in [9.17, 15) is 4.79 Å². The molecule has 0 unspecified atom stereocenters. The zero-order valence-corrected chi connectivity index (χ0v) is 17.5. The van der Waals surface area contributed by atoms with Crippen LogP contribution in [0, 0.1) is 0 Å². The first-order chi connectivity index (χ1) is 15.2. The van der Waals surface area contributed by atoms with Crippen molar-refractivity contribution >= 4 is 5.91 Å². The van der Waals surface area contributed by atoms with Gasteiger partial charge in [-0.2, -0.15) is 0 Å². The molecule has 0 saturated carbocycles. The highest BCUT2D eigenvalue weighted by molar-refractivity contribution is 5.91. The second-order valence-electron chi connectivity index (χ2n) is 7.33. The Labute approximate surface area is 181 Å². The summed E-state index contributed by atoms with van der Waals surface area (Å²) in [5.74, 6) is 2.33. The molecule has 0 spiro atoms. The lowest BCUT2D eigenvalue weighted by Gasteiger charge is -2.21. The Hall–Kier alpha value is -3.29. The molecule has 1 N–H and O–H groups in total. The normalized spacial score (nSPS) is 12.3. The molecule has 0 bridgehead atoms. The number of benzene rings is 2. The van der Waals surface area contributed by atoms with E-state index in [1.807, 2.05) is 42.5 Å². The summed E-state index contributed by atoms with van der Waals surface area (Å²) in [6.07, 6.45) is 0. The van der Waals surface area contributed by atoms with Crippen LogP contribution in [0.25, 0.3) is 0 Å². The number of ether oxygens (including phenoxy) is 3. The molecule has 2 heterocycles. The van der Waals surface area contributed by atoms with E-state index >= 15 is 0 Å². The molecule has 0 fully saturated rings. The average Bonchev–Trinajstić information content (AvgIpc) is 3.44. The summed E-state index contributed by atoms with van der Waals surface area (Å²) in [4.78, 5) is 14.5. The van der Waals surface area contributed by atoms with Crippen LogP contribution in [0.2, 0.25) is 0 Å². The van der Waals surface area contributed by atoms with Crippen LogP contribution >= 0.6 is 0 Å². The van der Waals surface area contributed by atoms with Crippen LogP contribution in [0.5, 0.6) is 11.5 Å². The minimum atomic E-state index is -0.242. The fraction of sp³-hybridized carbons (Fsp3) is 0.292. The highest BCUT2D eigenvalue weighted by Crippen LogP contribution is 2.33. The van der Waals surface area contributed by atoms with Crippen molar-refractivity contribution < 1.29 is 23.4 Å². The third-order valence-corrected chi connectivity index (χ3v) is 4.95. The largest absolute Gasteiger partial charge is 0.455 e. The summed E-state index contributed by atoms with van der Waals surface area (Å²) in [5.41, 5.74) is 2.32. The summed E-state index contributed by atoms with van der Waals surface area (Å²) < 4.78 is 21.7. The molecule has 7 heteroatoms. The second-order valence-corrected chi connectivity index (χ2v) is 7.33. The lowest BCUT2D eigenvalue weighted by Crippen LogP contribution is -2.26. The number of hydrogen-bond donors (Lipinski definition) is 1. The van der Waals surface area contributed by atoms with Gasteiger partial charge < -0.3 is 23.9 Å². The van der Waals surface area contributed by atoms with E-state index in [0.717, 1.165) is 29.4 Å². The lowest BCUT2D eigenvalue weighted by atomic mass is 10.1. The monoisotopic (exact) mass is 422 g/mol. The first-order valence-electron chi connectivity index (χ1n) is 10.2. The maximum atomic E-state index is 12.2. The number of nitrogens with one attached hydrogen (secondary N) is 1. The Balaban J connectivity index is 1.46. The van der Waals surface area contributed by atoms with Crippen molar-refractivity contribution in [2.45, 2.75) is 19.6 Å². The highest BCUT2D eigenvalue weighted by Gasteiger charge is 2.17. The van der Waals surface area contributed by atoms with E-state index in [2.05, 4.69) is 22.3 Å². The molecule has 2 aromatic carbocycles. The van der Waals surface area contributed by atoms with Crippen molar-refractivity contribution in [3.8, 4) is 11.5 Å². The number of amides is 1. The first kappa shape index (κ1) is 21.0. The summed E-state index contributed by atoms with van der Waals surface area (Å²) >= 11 is 0. The molecule has 1 amide bonds. The van der Waals surface area contributed by atoms with Gasteiger partial charge in [0.05, 0.1) is 13.2 Å².